The molecule has 2 nitrogen and oxygen atoms in total. The van der Waals surface area contributed by atoms with Crippen LogP contribution in [-0.4, -0.2) is 29.8 Å². The lowest BCUT2D eigenvalue weighted by Crippen LogP contribution is -2.41. The molecular formula is C23H27ClFNO. The maximum atomic E-state index is 12.9. The summed E-state index contributed by atoms with van der Waals surface area (Å²) >= 11 is 0. The molecule has 1 fully saturated rings. The van der Waals surface area contributed by atoms with E-state index in [0.29, 0.717) is 12.5 Å². The van der Waals surface area contributed by atoms with Gasteiger partial charge in [0.1, 0.15) is 5.82 Å². The Kier molecular flexibility index (Phi) is 8.70. The third-order valence-corrected chi connectivity index (χ3v) is 5.04. The molecule has 3 rings (SSSR count). The highest BCUT2D eigenvalue weighted by atomic mass is 35.5. The Morgan fingerprint density at radius 1 is 1.07 bits per heavy atom. The van der Waals surface area contributed by atoms with Gasteiger partial charge >= 0.3 is 0 Å². The van der Waals surface area contributed by atoms with E-state index in [9.17, 15) is 9.18 Å². The molecule has 27 heavy (non-hydrogen) atoms. The fourth-order valence-corrected chi connectivity index (χ4v) is 3.57. The van der Waals surface area contributed by atoms with E-state index < -0.39 is 0 Å². The molecule has 2 aromatic carbocycles. The molecule has 2 aromatic rings. The number of nitrogens with zero attached hydrogens (tertiary/aromatic N) is 1. The summed E-state index contributed by atoms with van der Waals surface area (Å²) in [6.07, 6.45) is 8.65. The van der Waals surface area contributed by atoms with E-state index in [4.69, 9.17) is 0 Å². The lowest BCUT2D eigenvalue weighted by molar-refractivity contribution is -0.115. The van der Waals surface area contributed by atoms with Crippen molar-refractivity contribution >= 4 is 24.3 Å². The molecule has 0 bridgehead atoms. The standard InChI is InChI=1S/C23H26FNO.ClH/c24-21-12-9-19(10-13-21)11-14-23(26)15-17-25-16-5-4-8-22(25)18-20-6-2-1-3-7-20;/h1-3,6-7,9-14,22H,4-5,8,15-18H2;1H. The average Bonchev–Trinajstić information content (AvgIpc) is 2.68. The van der Waals surface area contributed by atoms with Gasteiger partial charge in [0.05, 0.1) is 0 Å². The predicted molar refractivity (Wildman–Crippen MR) is 112 cm³/mol. The Hall–Kier alpha value is -1.97. The maximum Gasteiger partial charge on any atom is 0.156 e. The summed E-state index contributed by atoms with van der Waals surface area (Å²) in [6, 6.07) is 17.3. The topological polar surface area (TPSA) is 20.3 Å². The van der Waals surface area contributed by atoms with Crippen LogP contribution in [0.25, 0.3) is 6.08 Å². The third-order valence-electron chi connectivity index (χ3n) is 5.04. The largest absolute Gasteiger partial charge is 0.300 e. The van der Waals surface area contributed by atoms with Gasteiger partial charge in [-0.1, -0.05) is 55.0 Å². The molecule has 0 spiro atoms. The van der Waals surface area contributed by atoms with Gasteiger partial charge in [0.2, 0.25) is 0 Å². The molecule has 0 aliphatic carbocycles. The summed E-state index contributed by atoms with van der Waals surface area (Å²) in [5, 5.41) is 0. The van der Waals surface area contributed by atoms with Crippen LogP contribution < -0.4 is 0 Å². The number of benzene rings is 2. The van der Waals surface area contributed by atoms with E-state index in [0.717, 1.165) is 25.1 Å². The Labute approximate surface area is 167 Å². The molecule has 1 aliphatic heterocycles. The van der Waals surface area contributed by atoms with Crippen molar-refractivity contribution in [3.8, 4) is 0 Å². The second kappa shape index (κ2) is 11.0. The summed E-state index contributed by atoms with van der Waals surface area (Å²) in [5.41, 5.74) is 2.21. The van der Waals surface area contributed by atoms with Crippen molar-refractivity contribution in [2.24, 2.45) is 0 Å². The summed E-state index contributed by atoms with van der Waals surface area (Å²) in [5.74, 6) is -0.138. The van der Waals surface area contributed by atoms with Crippen LogP contribution in [0.15, 0.2) is 60.7 Å². The van der Waals surface area contributed by atoms with E-state index in [1.165, 1.54) is 37.0 Å². The van der Waals surface area contributed by atoms with Crippen molar-refractivity contribution in [3.05, 3.63) is 77.6 Å². The molecule has 1 aliphatic rings. The van der Waals surface area contributed by atoms with Crippen LogP contribution in [0.4, 0.5) is 4.39 Å². The van der Waals surface area contributed by atoms with E-state index >= 15 is 0 Å². The van der Waals surface area contributed by atoms with E-state index in [-0.39, 0.29) is 24.0 Å². The number of carbonyl (C=O) groups excluding carboxylic acids is 1. The summed E-state index contributed by atoms with van der Waals surface area (Å²) in [4.78, 5) is 14.7. The van der Waals surface area contributed by atoms with Crippen molar-refractivity contribution in [1.29, 1.82) is 0 Å². The number of rotatable bonds is 7. The SMILES string of the molecule is Cl.O=C(C=Cc1ccc(F)cc1)CCN1CCCCC1Cc1ccccc1. The van der Waals surface area contributed by atoms with Crippen molar-refractivity contribution in [1.82, 2.24) is 4.90 Å². The van der Waals surface area contributed by atoms with Gasteiger partial charge in [-0.25, -0.2) is 4.39 Å². The Balaban J connectivity index is 0.00000261. The number of ketones is 1. The molecule has 144 valence electrons. The minimum absolute atomic E-state index is 0. The summed E-state index contributed by atoms with van der Waals surface area (Å²) in [6.45, 7) is 1.89. The normalized spacial score (nSPS) is 17.6. The molecule has 1 unspecified atom stereocenters. The predicted octanol–water partition coefficient (Wildman–Crippen LogP) is 5.32. The number of carbonyl (C=O) groups is 1. The lowest BCUT2D eigenvalue weighted by atomic mass is 9.95. The van der Waals surface area contributed by atoms with Crippen LogP contribution in [0.5, 0.6) is 0 Å². The van der Waals surface area contributed by atoms with E-state index in [2.05, 4.69) is 29.2 Å². The van der Waals surface area contributed by atoms with Crippen LogP contribution >= 0.6 is 12.4 Å². The molecule has 1 saturated heterocycles. The zero-order valence-corrected chi connectivity index (χ0v) is 16.3. The first-order chi connectivity index (χ1) is 12.7. The summed E-state index contributed by atoms with van der Waals surface area (Å²) < 4.78 is 12.9. The highest BCUT2D eigenvalue weighted by Gasteiger charge is 2.22. The Morgan fingerprint density at radius 3 is 2.56 bits per heavy atom. The lowest BCUT2D eigenvalue weighted by Gasteiger charge is -2.35. The van der Waals surface area contributed by atoms with Gasteiger partial charge in [0.25, 0.3) is 0 Å². The Morgan fingerprint density at radius 2 is 1.81 bits per heavy atom. The number of hydrogen-bond donors (Lipinski definition) is 0. The fourth-order valence-electron chi connectivity index (χ4n) is 3.57. The van der Waals surface area contributed by atoms with Crippen molar-refractivity contribution in [2.75, 3.05) is 13.1 Å². The highest BCUT2D eigenvalue weighted by molar-refractivity contribution is 5.93. The Bertz CT molecular complexity index is 730. The minimum atomic E-state index is -0.261. The zero-order valence-electron chi connectivity index (χ0n) is 15.5. The third kappa shape index (κ3) is 6.93. The van der Waals surface area contributed by atoms with Gasteiger partial charge in [-0.05, 0) is 55.1 Å². The van der Waals surface area contributed by atoms with Gasteiger partial charge < -0.3 is 0 Å². The number of halogens is 2. The van der Waals surface area contributed by atoms with E-state index in [1.807, 2.05) is 6.07 Å². The van der Waals surface area contributed by atoms with Gasteiger partial charge in [-0.3, -0.25) is 9.69 Å². The highest BCUT2D eigenvalue weighted by Crippen LogP contribution is 2.21. The van der Waals surface area contributed by atoms with Crippen LogP contribution in [-0.2, 0) is 11.2 Å². The van der Waals surface area contributed by atoms with Gasteiger partial charge in [0, 0.05) is 19.0 Å². The van der Waals surface area contributed by atoms with Crippen molar-refractivity contribution in [3.63, 3.8) is 0 Å². The second-order valence-electron chi connectivity index (χ2n) is 6.98. The first kappa shape index (κ1) is 21.3. The fraction of sp³-hybridized carbons (Fsp3) is 0.348. The monoisotopic (exact) mass is 387 g/mol. The molecule has 0 saturated carbocycles. The number of likely N-dealkylation sites (tertiary alicyclic amines) is 1. The molecule has 0 aromatic heterocycles. The smallest absolute Gasteiger partial charge is 0.156 e. The molecule has 0 radical (unpaired) electrons. The minimum Gasteiger partial charge on any atom is -0.300 e. The number of hydrogen-bond acceptors (Lipinski definition) is 2. The molecular weight excluding hydrogens is 361 g/mol. The second-order valence-corrected chi connectivity index (χ2v) is 6.98. The van der Waals surface area contributed by atoms with Crippen LogP contribution in [0.2, 0.25) is 0 Å². The van der Waals surface area contributed by atoms with Crippen LogP contribution in [0.1, 0.15) is 36.8 Å². The van der Waals surface area contributed by atoms with Crippen molar-refractivity contribution in [2.45, 2.75) is 38.1 Å². The molecule has 1 atom stereocenters. The van der Waals surface area contributed by atoms with Crippen molar-refractivity contribution < 1.29 is 9.18 Å². The van der Waals surface area contributed by atoms with Gasteiger partial charge in [0.15, 0.2) is 5.78 Å². The first-order valence-corrected chi connectivity index (χ1v) is 9.45. The van der Waals surface area contributed by atoms with Gasteiger partial charge in [-0.2, -0.15) is 0 Å². The first-order valence-electron chi connectivity index (χ1n) is 9.45. The molecule has 4 heteroatoms. The quantitative estimate of drug-likeness (QED) is 0.599. The van der Waals surface area contributed by atoms with Crippen LogP contribution in [0, 0.1) is 5.82 Å². The molecule has 1 heterocycles. The zero-order chi connectivity index (χ0) is 18.2. The molecule has 0 amide bonds. The number of allylic oxidation sites excluding steroid dienone is 1. The molecule has 0 N–H and O–H groups in total. The summed E-state index contributed by atoms with van der Waals surface area (Å²) in [7, 11) is 0. The average molecular weight is 388 g/mol. The van der Waals surface area contributed by atoms with Gasteiger partial charge in [-0.15, -0.1) is 12.4 Å². The van der Waals surface area contributed by atoms with Crippen LogP contribution in [0.3, 0.4) is 0 Å². The van der Waals surface area contributed by atoms with E-state index in [1.54, 1.807) is 24.3 Å². The number of piperidine rings is 1. The maximum absolute atomic E-state index is 12.9.